The number of hydrogen-bond acceptors (Lipinski definition) is 7. The van der Waals surface area contributed by atoms with Crippen molar-refractivity contribution in [1.29, 1.82) is 0 Å². The lowest BCUT2D eigenvalue weighted by atomic mass is 9.83. The molecule has 2 N–H and O–H groups in total. The summed E-state index contributed by atoms with van der Waals surface area (Å²) < 4.78 is 26.6. The summed E-state index contributed by atoms with van der Waals surface area (Å²) in [7, 11) is 3.53. The second-order valence-corrected chi connectivity index (χ2v) is 12.7. The van der Waals surface area contributed by atoms with Gasteiger partial charge in [0.25, 0.3) is 0 Å². The predicted octanol–water partition coefficient (Wildman–Crippen LogP) is 5.41. The number of aromatic nitrogens is 1. The topological polar surface area (TPSA) is 87.2 Å². The number of pyridine rings is 1. The SMILES string of the molecule is COc1c(F)cc(C2CCOC2(C)C)cc1[C@@H](C(=O)O)N1CC[C@@H](N(C)CCCCCc2ccc3c(n2)NCCC3)C1. The Morgan fingerprint density at radius 2 is 2.12 bits per heavy atom. The molecule has 3 aliphatic heterocycles. The molecule has 1 aromatic heterocycles. The standard InChI is InChI=1S/C33H47FN4O4/c1-33(2)27(14-18-42-33)23-19-26(30(41-4)28(34)20-23)29(32(39)40)38-17-13-25(21-38)37(3)16-7-5-6-10-24-12-11-22-9-8-15-35-31(22)36-24/h11-12,19-20,25,27,29H,5-10,13-18,21H2,1-4H3,(H,35,36)(H,39,40)/t25-,27?,29+/m1/s1. The Bertz CT molecular complexity index is 1250. The van der Waals surface area contributed by atoms with Crippen LogP contribution in [0.4, 0.5) is 10.2 Å². The first-order valence-corrected chi connectivity index (χ1v) is 15.6. The van der Waals surface area contributed by atoms with Crippen molar-refractivity contribution in [3.8, 4) is 5.75 Å². The van der Waals surface area contributed by atoms with Gasteiger partial charge in [-0.2, -0.15) is 0 Å². The van der Waals surface area contributed by atoms with Crippen molar-refractivity contribution in [3.63, 3.8) is 0 Å². The van der Waals surface area contributed by atoms with E-state index in [1.54, 1.807) is 0 Å². The average molecular weight is 583 g/mol. The molecule has 0 spiro atoms. The van der Waals surface area contributed by atoms with E-state index in [4.69, 9.17) is 14.5 Å². The summed E-state index contributed by atoms with van der Waals surface area (Å²) in [5.41, 5.74) is 3.20. The molecule has 0 saturated carbocycles. The number of fused-ring (bicyclic) bond motifs is 1. The lowest BCUT2D eigenvalue weighted by molar-refractivity contribution is -0.143. The largest absolute Gasteiger partial charge is 0.493 e. The van der Waals surface area contributed by atoms with E-state index in [9.17, 15) is 9.90 Å². The highest BCUT2D eigenvalue weighted by molar-refractivity contribution is 5.77. The van der Waals surface area contributed by atoms with Crippen LogP contribution in [0.25, 0.3) is 0 Å². The van der Waals surface area contributed by atoms with Crippen LogP contribution >= 0.6 is 0 Å². The van der Waals surface area contributed by atoms with Crippen LogP contribution in [0, 0.1) is 5.82 Å². The highest BCUT2D eigenvalue weighted by Gasteiger charge is 2.40. The number of unbranched alkanes of at least 4 members (excludes halogenated alkanes) is 2. The molecule has 1 aromatic carbocycles. The van der Waals surface area contributed by atoms with Crippen LogP contribution in [-0.2, 0) is 22.4 Å². The van der Waals surface area contributed by atoms with E-state index >= 15 is 4.39 Å². The van der Waals surface area contributed by atoms with Gasteiger partial charge in [0.15, 0.2) is 11.6 Å². The van der Waals surface area contributed by atoms with E-state index < -0.39 is 23.4 Å². The molecule has 4 heterocycles. The highest BCUT2D eigenvalue weighted by atomic mass is 19.1. The van der Waals surface area contributed by atoms with Gasteiger partial charge in [-0.05, 0) is 102 Å². The van der Waals surface area contributed by atoms with Crippen LogP contribution in [0.5, 0.6) is 5.75 Å². The summed E-state index contributed by atoms with van der Waals surface area (Å²) in [5, 5.41) is 13.8. The van der Waals surface area contributed by atoms with Gasteiger partial charge in [-0.25, -0.2) is 9.37 Å². The minimum atomic E-state index is -0.985. The van der Waals surface area contributed by atoms with Gasteiger partial charge in [0.1, 0.15) is 11.9 Å². The number of rotatable bonds is 12. The molecular formula is C33H47FN4O4. The number of likely N-dealkylation sites (N-methyl/N-ethyl adjacent to an activating group) is 1. The molecular weight excluding hydrogens is 535 g/mol. The Hall–Kier alpha value is -2.75. The fraction of sp³-hybridized carbons (Fsp3) is 0.636. The summed E-state index contributed by atoms with van der Waals surface area (Å²) in [5.74, 6) is -0.436. The third-order valence-corrected chi connectivity index (χ3v) is 9.53. The predicted molar refractivity (Wildman–Crippen MR) is 162 cm³/mol. The van der Waals surface area contributed by atoms with E-state index in [0.29, 0.717) is 25.3 Å². The van der Waals surface area contributed by atoms with Crippen LogP contribution in [0.1, 0.15) is 86.7 Å². The Morgan fingerprint density at radius 3 is 2.86 bits per heavy atom. The molecule has 3 atom stereocenters. The zero-order valence-corrected chi connectivity index (χ0v) is 25.6. The minimum Gasteiger partial charge on any atom is -0.493 e. The monoisotopic (exact) mass is 582 g/mol. The maximum absolute atomic E-state index is 15.3. The van der Waals surface area contributed by atoms with Gasteiger partial charge in [0.2, 0.25) is 0 Å². The van der Waals surface area contributed by atoms with Crippen LogP contribution in [0.3, 0.4) is 0 Å². The van der Waals surface area contributed by atoms with Gasteiger partial charge < -0.3 is 24.8 Å². The molecule has 0 bridgehead atoms. The molecule has 2 aromatic rings. The Morgan fingerprint density at radius 1 is 1.29 bits per heavy atom. The lowest BCUT2D eigenvalue weighted by Crippen LogP contribution is -2.38. The summed E-state index contributed by atoms with van der Waals surface area (Å²) >= 11 is 0. The number of anilines is 1. The number of likely N-dealkylation sites (tertiary alicyclic amines) is 1. The van der Waals surface area contributed by atoms with E-state index in [1.165, 1.54) is 25.2 Å². The number of ether oxygens (including phenoxy) is 2. The number of methoxy groups -OCH3 is 1. The molecule has 2 fully saturated rings. The maximum atomic E-state index is 15.3. The molecule has 0 aliphatic carbocycles. The van der Waals surface area contributed by atoms with Crippen molar-refractivity contribution < 1.29 is 23.8 Å². The number of carbonyl (C=O) groups is 1. The summed E-state index contributed by atoms with van der Waals surface area (Å²) in [6.07, 6.45) is 8.21. The third-order valence-electron chi connectivity index (χ3n) is 9.53. The molecule has 0 amide bonds. The zero-order valence-electron chi connectivity index (χ0n) is 25.6. The molecule has 42 heavy (non-hydrogen) atoms. The number of aryl methyl sites for hydroxylation is 2. The van der Waals surface area contributed by atoms with Crippen molar-refractivity contribution in [3.05, 3.63) is 52.5 Å². The van der Waals surface area contributed by atoms with Gasteiger partial charge in [-0.3, -0.25) is 9.69 Å². The molecule has 230 valence electrons. The van der Waals surface area contributed by atoms with Gasteiger partial charge in [0, 0.05) is 49.5 Å². The first-order chi connectivity index (χ1) is 20.2. The van der Waals surface area contributed by atoms with Crippen LogP contribution in [0.15, 0.2) is 24.3 Å². The molecule has 0 radical (unpaired) electrons. The number of carboxylic acid groups (broad SMARTS) is 1. The first kappa shape index (κ1) is 30.7. The first-order valence-electron chi connectivity index (χ1n) is 15.6. The molecule has 5 rings (SSSR count). The zero-order chi connectivity index (χ0) is 29.9. The Labute approximate surface area is 249 Å². The van der Waals surface area contributed by atoms with Gasteiger partial charge >= 0.3 is 5.97 Å². The van der Waals surface area contributed by atoms with Crippen molar-refractivity contribution >= 4 is 11.8 Å². The van der Waals surface area contributed by atoms with Crippen LogP contribution in [-0.4, -0.2) is 84.4 Å². The number of halogens is 1. The van der Waals surface area contributed by atoms with Crippen molar-refractivity contribution in [2.45, 2.75) is 88.8 Å². The Balaban J connectivity index is 1.17. The fourth-order valence-electron chi connectivity index (χ4n) is 7.10. The van der Waals surface area contributed by atoms with Gasteiger partial charge in [-0.1, -0.05) is 12.5 Å². The van der Waals surface area contributed by atoms with E-state index in [2.05, 4.69) is 29.4 Å². The van der Waals surface area contributed by atoms with Crippen LogP contribution in [0.2, 0.25) is 0 Å². The van der Waals surface area contributed by atoms with Crippen molar-refractivity contribution in [2.24, 2.45) is 0 Å². The summed E-state index contributed by atoms with van der Waals surface area (Å²) in [6.45, 7) is 7.83. The number of nitrogens with zero attached hydrogens (tertiary/aromatic N) is 3. The van der Waals surface area contributed by atoms with Crippen LogP contribution < -0.4 is 10.1 Å². The number of hydrogen-bond donors (Lipinski definition) is 2. The molecule has 2 saturated heterocycles. The molecule has 9 heteroatoms. The fourth-order valence-corrected chi connectivity index (χ4v) is 7.10. The van der Waals surface area contributed by atoms with Crippen molar-refractivity contribution in [2.75, 3.05) is 52.3 Å². The van der Waals surface area contributed by atoms with E-state index in [0.717, 1.165) is 75.1 Å². The highest BCUT2D eigenvalue weighted by Crippen LogP contribution is 2.43. The second kappa shape index (κ2) is 13.3. The van der Waals surface area contributed by atoms with Gasteiger partial charge in [0.05, 0.1) is 12.7 Å². The number of benzene rings is 1. The third kappa shape index (κ3) is 6.74. The van der Waals surface area contributed by atoms with E-state index in [1.807, 2.05) is 24.8 Å². The quantitative estimate of drug-likeness (QED) is 0.321. The van der Waals surface area contributed by atoms with Gasteiger partial charge in [-0.15, -0.1) is 0 Å². The average Bonchev–Trinajstić information content (AvgIpc) is 3.58. The minimum absolute atomic E-state index is 0.0109. The summed E-state index contributed by atoms with van der Waals surface area (Å²) in [6, 6.07) is 6.99. The number of nitrogens with one attached hydrogen (secondary N) is 1. The van der Waals surface area contributed by atoms with Crippen molar-refractivity contribution in [1.82, 2.24) is 14.8 Å². The number of aliphatic carboxylic acids is 1. The normalized spacial score (nSPS) is 22.6. The molecule has 3 aliphatic rings. The summed E-state index contributed by atoms with van der Waals surface area (Å²) in [4.78, 5) is 21.8. The Kier molecular flexibility index (Phi) is 9.70. The molecule has 1 unspecified atom stereocenters. The molecule has 8 nitrogen and oxygen atoms in total. The maximum Gasteiger partial charge on any atom is 0.325 e. The van der Waals surface area contributed by atoms with E-state index in [-0.39, 0.29) is 17.7 Å². The lowest BCUT2D eigenvalue weighted by Gasteiger charge is -2.30. The number of carboxylic acids is 1. The second-order valence-electron chi connectivity index (χ2n) is 12.7. The smallest absolute Gasteiger partial charge is 0.325 e.